The molecule has 3 aromatic heterocycles. The molecule has 10 nitrogen and oxygen atoms in total. The fourth-order valence-electron chi connectivity index (χ4n) is 4.24. The molecule has 0 aliphatic heterocycles. The molecule has 0 bridgehead atoms. The minimum atomic E-state index is -0.765. The largest absolute Gasteiger partial charge is 0.453 e. The van der Waals surface area contributed by atoms with Crippen LogP contribution in [0.1, 0.15) is 42.6 Å². The molecule has 1 amide bonds. The van der Waals surface area contributed by atoms with Crippen LogP contribution in [0.5, 0.6) is 11.5 Å². The van der Waals surface area contributed by atoms with Gasteiger partial charge in [-0.05, 0) is 60.9 Å². The van der Waals surface area contributed by atoms with Crippen LogP contribution in [0.25, 0.3) is 16.7 Å². The lowest BCUT2D eigenvalue weighted by molar-refractivity contribution is 0.102. The first kappa shape index (κ1) is 28.4. The normalized spacial score (nSPS) is 12.0. The highest BCUT2D eigenvalue weighted by molar-refractivity contribution is 6.04. The summed E-state index contributed by atoms with van der Waals surface area (Å²) in [6.45, 7) is 5.46. The quantitative estimate of drug-likeness (QED) is 0.187. The van der Waals surface area contributed by atoms with Crippen LogP contribution >= 0.6 is 0 Å². The zero-order valence-corrected chi connectivity index (χ0v) is 23.0. The number of anilines is 2. The Hall–Kier alpha value is -5.10. The van der Waals surface area contributed by atoms with E-state index in [0.29, 0.717) is 28.1 Å². The van der Waals surface area contributed by atoms with Gasteiger partial charge in [0.15, 0.2) is 23.0 Å². The van der Waals surface area contributed by atoms with Gasteiger partial charge in [0, 0.05) is 41.9 Å². The van der Waals surface area contributed by atoms with Crippen molar-refractivity contribution in [3.63, 3.8) is 0 Å². The molecule has 0 aliphatic rings. The summed E-state index contributed by atoms with van der Waals surface area (Å²) in [5.41, 5.74) is 0.865. The summed E-state index contributed by atoms with van der Waals surface area (Å²) in [5, 5.41) is 22.4. The molecule has 0 aliphatic carbocycles. The van der Waals surface area contributed by atoms with Gasteiger partial charge in [0.25, 0.3) is 11.5 Å². The van der Waals surface area contributed by atoms with E-state index in [1.54, 1.807) is 19.2 Å². The molecular formula is C30H28F2N6O4. The van der Waals surface area contributed by atoms with Crippen LogP contribution in [0.4, 0.5) is 20.3 Å². The number of benzene rings is 2. The summed E-state index contributed by atoms with van der Waals surface area (Å²) in [6.07, 6.45) is 3.09. The summed E-state index contributed by atoms with van der Waals surface area (Å²) in [6, 6.07) is 12.0. The molecular weight excluding hydrogens is 546 g/mol. The van der Waals surface area contributed by atoms with E-state index in [2.05, 4.69) is 25.8 Å². The Labute approximate surface area is 239 Å². The monoisotopic (exact) mass is 574 g/mol. The molecule has 5 rings (SSSR count). The number of carbonyl (C=O) groups is 1. The average Bonchev–Trinajstić information content (AvgIpc) is 3.38. The number of hydrogen-bond acceptors (Lipinski definition) is 7. The number of aliphatic hydroxyl groups excluding tert-OH is 1. The Morgan fingerprint density at radius 1 is 1.07 bits per heavy atom. The lowest BCUT2D eigenvalue weighted by atomic mass is 10.0. The average molecular weight is 575 g/mol. The van der Waals surface area contributed by atoms with Crippen LogP contribution in [-0.2, 0) is 0 Å². The number of carbonyl (C=O) groups excluding carboxylic acids is 1. The Kier molecular flexibility index (Phi) is 7.98. The van der Waals surface area contributed by atoms with Crippen LogP contribution in [-0.4, -0.2) is 43.4 Å². The third kappa shape index (κ3) is 5.84. The predicted octanol–water partition coefficient (Wildman–Crippen LogP) is 5.35. The van der Waals surface area contributed by atoms with E-state index in [9.17, 15) is 19.1 Å². The number of fused-ring (bicyclic) bond motifs is 1. The number of rotatable bonds is 9. The molecule has 42 heavy (non-hydrogen) atoms. The maximum Gasteiger partial charge on any atom is 0.267 e. The smallest absolute Gasteiger partial charge is 0.267 e. The van der Waals surface area contributed by atoms with Crippen molar-refractivity contribution in [1.29, 1.82) is 0 Å². The number of aromatic nitrogens is 4. The van der Waals surface area contributed by atoms with Gasteiger partial charge < -0.3 is 20.5 Å². The van der Waals surface area contributed by atoms with Gasteiger partial charge in [-0.1, -0.05) is 13.8 Å². The van der Waals surface area contributed by atoms with Crippen molar-refractivity contribution >= 4 is 28.4 Å². The van der Waals surface area contributed by atoms with Crippen molar-refractivity contribution in [2.45, 2.75) is 32.7 Å². The molecule has 0 saturated heterocycles. The van der Waals surface area contributed by atoms with Crippen molar-refractivity contribution in [3.05, 3.63) is 100 Å². The third-order valence-electron chi connectivity index (χ3n) is 6.54. The molecule has 3 heterocycles. The van der Waals surface area contributed by atoms with Crippen LogP contribution < -0.4 is 20.9 Å². The number of aliphatic hydroxyl groups is 1. The number of nitrogens with zero attached hydrogens (tertiary/aromatic N) is 3. The number of hydrogen-bond donors (Lipinski definition) is 4. The highest BCUT2D eigenvalue weighted by Crippen LogP contribution is 2.34. The first-order valence-electron chi connectivity index (χ1n) is 13.2. The Morgan fingerprint density at radius 2 is 1.83 bits per heavy atom. The van der Waals surface area contributed by atoms with Gasteiger partial charge in [0.1, 0.15) is 22.5 Å². The van der Waals surface area contributed by atoms with E-state index in [4.69, 9.17) is 4.74 Å². The van der Waals surface area contributed by atoms with E-state index in [-0.39, 0.29) is 41.3 Å². The molecule has 4 N–H and O–H groups in total. The number of H-pyrrole nitrogens is 1. The molecule has 2 aromatic carbocycles. The molecule has 216 valence electrons. The number of halogens is 2. The number of amides is 1. The molecule has 12 heteroatoms. The van der Waals surface area contributed by atoms with Crippen molar-refractivity contribution < 1.29 is 23.4 Å². The van der Waals surface area contributed by atoms with Gasteiger partial charge >= 0.3 is 0 Å². The maximum atomic E-state index is 15.2. The van der Waals surface area contributed by atoms with E-state index in [1.165, 1.54) is 53.2 Å². The van der Waals surface area contributed by atoms with Crippen LogP contribution in [0, 0.1) is 11.6 Å². The second kappa shape index (κ2) is 11.8. The van der Waals surface area contributed by atoms with Gasteiger partial charge in [0.2, 0.25) is 0 Å². The molecule has 0 radical (unpaired) electrons. The summed E-state index contributed by atoms with van der Waals surface area (Å²) in [7, 11) is 0. The Bertz CT molecular complexity index is 1820. The SMILES string of the molecule is CC(C)c1cc(C(=O)Nc2ccc(Oc3ccnc4[nH]nc(N[C@H](C)CO)c34)c(F)c2)c(=O)n(-c2ccc(F)cc2)c1. The van der Waals surface area contributed by atoms with E-state index in [1.807, 2.05) is 13.8 Å². The zero-order chi connectivity index (χ0) is 30.0. The van der Waals surface area contributed by atoms with Crippen molar-refractivity contribution in [2.24, 2.45) is 0 Å². The first-order chi connectivity index (χ1) is 20.1. The van der Waals surface area contributed by atoms with Crippen molar-refractivity contribution in [1.82, 2.24) is 19.7 Å². The minimum Gasteiger partial charge on any atom is -0.453 e. The second-order valence-corrected chi connectivity index (χ2v) is 10.0. The highest BCUT2D eigenvalue weighted by Gasteiger charge is 2.19. The fourth-order valence-corrected chi connectivity index (χ4v) is 4.24. The van der Waals surface area contributed by atoms with Crippen molar-refractivity contribution in [2.75, 3.05) is 17.2 Å². The first-order valence-corrected chi connectivity index (χ1v) is 13.2. The topological polar surface area (TPSA) is 134 Å². The lowest BCUT2D eigenvalue weighted by Crippen LogP contribution is -2.29. The minimum absolute atomic E-state index is 0.0184. The maximum absolute atomic E-state index is 15.2. The Morgan fingerprint density at radius 3 is 2.52 bits per heavy atom. The molecule has 0 saturated carbocycles. The van der Waals surface area contributed by atoms with Crippen LogP contribution in [0.15, 0.2) is 71.8 Å². The summed E-state index contributed by atoms with van der Waals surface area (Å²) in [4.78, 5) is 30.7. The molecule has 5 aromatic rings. The van der Waals surface area contributed by atoms with Gasteiger partial charge in [-0.15, -0.1) is 0 Å². The molecule has 0 unspecified atom stereocenters. The molecule has 1 atom stereocenters. The van der Waals surface area contributed by atoms with Crippen molar-refractivity contribution in [3.8, 4) is 17.2 Å². The van der Waals surface area contributed by atoms with Gasteiger partial charge in [-0.2, -0.15) is 5.10 Å². The number of pyridine rings is 2. The Balaban J connectivity index is 1.41. The lowest BCUT2D eigenvalue weighted by Gasteiger charge is -2.15. The summed E-state index contributed by atoms with van der Waals surface area (Å²) >= 11 is 0. The van der Waals surface area contributed by atoms with Gasteiger partial charge in [-0.25, -0.2) is 13.8 Å². The standard InChI is InChI=1S/C30H28F2N6O4/c1-16(2)18-12-22(30(41)38(14-18)21-7-4-19(31)5-8-21)29(40)35-20-6-9-24(23(32)13-20)42-25-10-11-33-27-26(25)28(37-36-27)34-17(3)15-39/h4-14,16-17,39H,15H2,1-3H3,(H,35,40)(H2,33,34,36,37)/t17-/m1/s1. The van der Waals surface area contributed by atoms with E-state index >= 15 is 4.39 Å². The summed E-state index contributed by atoms with van der Waals surface area (Å²) < 4.78 is 35.8. The van der Waals surface area contributed by atoms with Crippen LogP contribution in [0.3, 0.4) is 0 Å². The fraction of sp³-hybridized carbons (Fsp3) is 0.200. The molecule has 0 fully saturated rings. The summed E-state index contributed by atoms with van der Waals surface area (Å²) in [5.74, 6) is -1.43. The van der Waals surface area contributed by atoms with E-state index in [0.717, 1.165) is 6.07 Å². The zero-order valence-electron chi connectivity index (χ0n) is 23.0. The predicted molar refractivity (Wildman–Crippen MR) is 155 cm³/mol. The van der Waals surface area contributed by atoms with Gasteiger partial charge in [-0.3, -0.25) is 19.3 Å². The van der Waals surface area contributed by atoms with Gasteiger partial charge in [0.05, 0.1) is 6.61 Å². The molecule has 0 spiro atoms. The highest BCUT2D eigenvalue weighted by atomic mass is 19.1. The number of ether oxygens (including phenoxy) is 1. The second-order valence-electron chi connectivity index (χ2n) is 10.0. The van der Waals surface area contributed by atoms with E-state index < -0.39 is 23.1 Å². The number of aromatic amines is 1. The third-order valence-corrected chi connectivity index (χ3v) is 6.54. The number of nitrogens with one attached hydrogen (secondary N) is 3. The van der Waals surface area contributed by atoms with Crippen LogP contribution in [0.2, 0.25) is 0 Å².